The third-order valence-electron chi connectivity index (χ3n) is 3.90. The third-order valence-corrected chi connectivity index (χ3v) is 3.90. The Morgan fingerprint density at radius 3 is 3.05 bits per heavy atom. The van der Waals surface area contributed by atoms with Gasteiger partial charge in [-0.25, -0.2) is 0 Å². The van der Waals surface area contributed by atoms with Gasteiger partial charge in [0.2, 0.25) is 0 Å². The minimum Gasteiger partial charge on any atom is -0.497 e. The van der Waals surface area contributed by atoms with E-state index in [1.54, 1.807) is 7.11 Å². The molecule has 0 amide bonds. The van der Waals surface area contributed by atoms with Crippen LogP contribution in [0.2, 0.25) is 0 Å². The molecule has 0 aliphatic carbocycles. The number of aliphatic hydroxyl groups is 1. The molecule has 0 bridgehead atoms. The van der Waals surface area contributed by atoms with Gasteiger partial charge in [0, 0.05) is 19.5 Å². The topological polar surface area (TPSA) is 50.7 Å². The average Bonchev–Trinajstić information content (AvgIpc) is 3.02. The number of methoxy groups -OCH3 is 1. The number of hydrogen-bond acceptors (Lipinski definition) is 4. The van der Waals surface area contributed by atoms with E-state index >= 15 is 0 Å². The molecule has 4 heteroatoms. The number of ether oxygens (including phenoxy) is 2. The van der Waals surface area contributed by atoms with E-state index in [9.17, 15) is 5.11 Å². The largest absolute Gasteiger partial charge is 0.497 e. The molecule has 0 spiro atoms. The normalized spacial score (nSPS) is 14.3. The van der Waals surface area contributed by atoms with Crippen molar-refractivity contribution < 1.29 is 14.6 Å². The SMILES string of the molecule is COc1cccc(C(O)CNCc2ccc3c(c2)CCO3)c1. The zero-order chi connectivity index (χ0) is 15.4. The average molecular weight is 299 g/mol. The van der Waals surface area contributed by atoms with E-state index in [1.807, 2.05) is 30.3 Å². The van der Waals surface area contributed by atoms with Gasteiger partial charge in [-0.3, -0.25) is 0 Å². The Hall–Kier alpha value is -2.04. The maximum Gasteiger partial charge on any atom is 0.122 e. The van der Waals surface area contributed by atoms with Gasteiger partial charge in [0.25, 0.3) is 0 Å². The summed E-state index contributed by atoms with van der Waals surface area (Å²) >= 11 is 0. The van der Waals surface area contributed by atoms with Gasteiger partial charge in [0.1, 0.15) is 11.5 Å². The first-order valence-corrected chi connectivity index (χ1v) is 7.53. The molecule has 1 heterocycles. The van der Waals surface area contributed by atoms with Gasteiger partial charge in [0.15, 0.2) is 0 Å². The molecule has 2 aromatic carbocycles. The molecule has 0 saturated carbocycles. The van der Waals surface area contributed by atoms with Crippen LogP contribution in [0.5, 0.6) is 11.5 Å². The van der Waals surface area contributed by atoms with Crippen LogP contribution < -0.4 is 14.8 Å². The zero-order valence-corrected chi connectivity index (χ0v) is 12.7. The van der Waals surface area contributed by atoms with E-state index < -0.39 is 6.10 Å². The maximum absolute atomic E-state index is 10.2. The summed E-state index contributed by atoms with van der Waals surface area (Å²) in [5, 5.41) is 13.5. The fourth-order valence-electron chi connectivity index (χ4n) is 2.67. The number of rotatable bonds is 6. The molecule has 4 nitrogen and oxygen atoms in total. The Morgan fingerprint density at radius 2 is 2.18 bits per heavy atom. The second-order valence-electron chi connectivity index (χ2n) is 5.46. The third kappa shape index (κ3) is 3.40. The number of aliphatic hydroxyl groups excluding tert-OH is 1. The van der Waals surface area contributed by atoms with E-state index in [0.29, 0.717) is 6.54 Å². The van der Waals surface area contributed by atoms with Gasteiger partial charge >= 0.3 is 0 Å². The summed E-state index contributed by atoms with van der Waals surface area (Å²) in [4.78, 5) is 0. The predicted octanol–water partition coefficient (Wildman–Crippen LogP) is 2.45. The minimum absolute atomic E-state index is 0.501. The van der Waals surface area contributed by atoms with E-state index in [4.69, 9.17) is 9.47 Å². The van der Waals surface area contributed by atoms with Crippen molar-refractivity contribution in [1.29, 1.82) is 0 Å². The number of hydrogen-bond donors (Lipinski definition) is 2. The van der Waals surface area contributed by atoms with Gasteiger partial charge < -0.3 is 19.9 Å². The van der Waals surface area contributed by atoms with Crippen molar-refractivity contribution in [3.63, 3.8) is 0 Å². The molecule has 1 unspecified atom stereocenters. The van der Waals surface area contributed by atoms with Crippen LogP contribution >= 0.6 is 0 Å². The van der Waals surface area contributed by atoms with Gasteiger partial charge in [-0.1, -0.05) is 24.3 Å². The lowest BCUT2D eigenvalue weighted by molar-refractivity contribution is 0.174. The van der Waals surface area contributed by atoms with Crippen LogP contribution in [0, 0.1) is 0 Å². The van der Waals surface area contributed by atoms with Crippen LogP contribution in [0.4, 0.5) is 0 Å². The van der Waals surface area contributed by atoms with Crippen molar-refractivity contribution in [2.75, 3.05) is 20.3 Å². The molecule has 116 valence electrons. The second kappa shape index (κ2) is 6.81. The molecule has 2 N–H and O–H groups in total. The van der Waals surface area contributed by atoms with E-state index in [0.717, 1.165) is 36.6 Å². The van der Waals surface area contributed by atoms with Crippen LogP contribution in [0.15, 0.2) is 42.5 Å². The van der Waals surface area contributed by atoms with Crippen LogP contribution in [-0.4, -0.2) is 25.4 Å². The lowest BCUT2D eigenvalue weighted by Crippen LogP contribution is -2.21. The van der Waals surface area contributed by atoms with Crippen molar-refractivity contribution >= 4 is 0 Å². The number of nitrogens with one attached hydrogen (secondary N) is 1. The van der Waals surface area contributed by atoms with Crippen molar-refractivity contribution in [3.05, 3.63) is 59.2 Å². The molecule has 0 radical (unpaired) electrons. The number of benzene rings is 2. The van der Waals surface area contributed by atoms with Gasteiger partial charge in [0.05, 0.1) is 19.8 Å². The van der Waals surface area contributed by atoms with Crippen LogP contribution in [-0.2, 0) is 13.0 Å². The fourth-order valence-corrected chi connectivity index (χ4v) is 2.67. The lowest BCUT2D eigenvalue weighted by Gasteiger charge is -2.13. The first kappa shape index (κ1) is 14.9. The van der Waals surface area contributed by atoms with Gasteiger partial charge in [-0.2, -0.15) is 0 Å². The molecule has 0 fully saturated rings. The first-order valence-electron chi connectivity index (χ1n) is 7.53. The Morgan fingerprint density at radius 1 is 1.27 bits per heavy atom. The second-order valence-corrected chi connectivity index (χ2v) is 5.46. The predicted molar refractivity (Wildman–Crippen MR) is 85.3 cm³/mol. The standard InChI is InChI=1S/C18H21NO3/c1-21-16-4-2-3-14(10-16)17(20)12-19-11-13-5-6-18-15(9-13)7-8-22-18/h2-6,9-10,17,19-20H,7-8,11-12H2,1H3. The molecule has 1 atom stereocenters. The molecular formula is C18H21NO3. The van der Waals surface area contributed by atoms with Crippen LogP contribution in [0.25, 0.3) is 0 Å². The quantitative estimate of drug-likeness (QED) is 0.860. The van der Waals surface area contributed by atoms with E-state index in [-0.39, 0.29) is 0 Å². The highest BCUT2D eigenvalue weighted by Gasteiger charge is 2.12. The fraction of sp³-hybridized carbons (Fsp3) is 0.333. The molecule has 22 heavy (non-hydrogen) atoms. The molecular weight excluding hydrogens is 278 g/mol. The highest BCUT2D eigenvalue weighted by atomic mass is 16.5. The van der Waals surface area contributed by atoms with Crippen LogP contribution in [0.3, 0.4) is 0 Å². The molecule has 1 aliphatic heterocycles. The Labute approximate surface area is 130 Å². The monoisotopic (exact) mass is 299 g/mol. The highest BCUT2D eigenvalue weighted by molar-refractivity contribution is 5.39. The van der Waals surface area contributed by atoms with Crippen molar-refractivity contribution in [2.24, 2.45) is 0 Å². The first-order chi connectivity index (χ1) is 10.8. The van der Waals surface area contributed by atoms with Crippen molar-refractivity contribution in [3.8, 4) is 11.5 Å². The summed E-state index contributed by atoms with van der Waals surface area (Å²) < 4.78 is 10.7. The van der Waals surface area contributed by atoms with Crippen LogP contribution in [0.1, 0.15) is 22.8 Å². The number of fused-ring (bicyclic) bond motifs is 1. The molecule has 1 aliphatic rings. The van der Waals surface area contributed by atoms with E-state index in [2.05, 4.69) is 17.4 Å². The summed E-state index contributed by atoms with van der Waals surface area (Å²) in [7, 11) is 1.63. The summed E-state index contributed by atoms with van der Waals surface area (Å²) in [6.45, 7) is 2.01. The summed E-state index contributed by atoms with van der Waals surface area (Å²) in [6.07, 6.45) is 0.433. The zero-order valence-electron chi connectivity index (χ0n) is 12.7. The Bertz CT molecular complexity index is 642. The molecule has 2 aromatic rings. The van der Waals surface area contributed by atoms with Gasteiger partial charge in [-0.15, -0.1) is 0 Å². The minimum atomic E-state index is -0.548. The summed E-state index contributed by atoms with van der Waals surface area (Å²) in [5.41, 5.74) is 3.34. The molecule has 0 aromatic heterocycles. The lowest BCUT2D eigenvalue weighted by atomic mass is 10.1. The Balaban J connectivity index is 1.54. The van der Waals surface area contributed by atoms with Gasteiger partial charge in [-0.05, 0) is 34.9 Å². The van der Waals surface area contributed by atoms with E-state index in [1.165, 1.54) is 11.1 Å². The van der Waals surface area contributed by atoms with Crippen molar-refractivity contribution in [1.82, 2.24) is 5.32 Å². The summed E-state index contributed by atoms with van der Waals surface area (Å²) in [6, 6.07) is 13.8. The van der Waals surface area contributed by atoms with Crippen molar-refractivity contribution in [2.45, 2.75) is 19.1 Å². The smallest absolute Gasteiger partial charge is 0.122 e. The molecule has 0 saturated heterocycles. The highest BCUT2D eigenvalue weighted by Crippen LogP contribution is 2.25. The summed E-state index contributed by atoms with van der Waals surface area (Å²) in [5.74, 6) is 1.76. The maximum atomic E-state index is 10.2. The molecule has 3 rings (SSSR count). The Kier molecular flexibility index (Phi) is 4.61.